The van der Waals surface area contributed by atoms with E-state index in [-0.39, 0.29) is 17.9 Å². The number of pyridine rings is 1. The maximum Gasteiger partial charge on any atom is 0.410 e. The van der Waals surface area contributed by atoms with Gasteiger partial charge >= 0.3 is 12.1 Å². The number of nitrogens with zero attached hydrogens (tertiary/aromatic N) is 4. The van der Waals surface area contributed by atoms with Crippen LogP contribution < -0.4 is 15.1 Å². The van der Waals surface area contributed by atoms with Gasteiger partial charge < -0.3 is 19.9 Å². The third-order valence-corrected chi connectivity index (χ3v) is 6.05. The number of halogens is 1. The number of likely N-dealkylation sites (tertiary alicyclic amines) is 1. The molecule has 0 spiro atoms. The normalized spacial score (nSPS) is 16.8. The lowest BCUT2D eigenvalue weighted by Crippen LogP contribution is -2.49. The Morgan fingerprint density at radius 1 is 1.06 bits per heavy atom. The van der Waals surface area contributed by atoms with Crippen LogP contribution in [-0.4, -0.2) is 60.3 Å². The minimum absolute atomic E-state index is 0.145. The molecule has 1 N–H and O–H groups in total. The van der Waals surface area contributed by atoms with Gasteiger partial charge in [0, 0.05) is 32.7 Å². The number of ether oxygens (including phenoxy) is 1. The van der Waals surface area contributed by atoms with E-state index >= 15 is 0 Å². The summed E-state index contributed by atoms with van der Waals surface area (Å²) >= 11 is 0. The molecule has 3 amide bonds. The van der Waals surface area contributed by atoms with Crippen molar-refractivity contribution in [3.05, 3.63) is 48.4 Å². The minimum atomic E-state index is -0.505. The van der Waals surface area contributed by atoms with Crippen molar-refractivity contribution < 1.29 is 18.7 Å². The number of carbonyl (C=O) groups excluding carboxylic acids is 2. The molecule has 0 bridgehead atoms. The number of rotatable bonds is 3. The second-order valence-corrected chi connectivity index (χ2v) is 9.72. The maximum atomic E-state index is 13.3. The second-order valence-electron chi connectivity index (χ2n) is 9.72. The van der Waals surface area contributed by atoms with Crippen LogP contribution >= 0.6 is 0 Å². The molecule has 2 aliphatic heterocycles. The summed E-state index contributed by atoms with van der Waals surface area (Å²) in [5.74, 6) is 0.570. The molecule has 0 radical (unpaired) electrons. The molecular weight excluding hydrogens is 437 g/mol. The first kappa shape index (κ1) is 23.8. The number of aromatic nitrogens is 1. The minimum Gasteiger partial charge on any atom is -0.444 e. The first-order valence-electron chi connectivity index (χ1n) is 11.7. The summed E-state index contributed by atoms with van der Waals surface area (Å²) in [5.41, 5.74) is 1.14. The molecular formula is C25H32FN5O3. The molecule has 0 aliphatic carbocycles. The van der Waals surface area contributed by atoms with Crippen LogP contribution in [0.2, 0.25) is 0 Å². The summed E-state index contributed by atoms with van der Waals surface area (Å²) in [7, 11) is 0. The van der Waals surface area contributed by atoms with Crippen LogP contribution in [-0.2, 0) is 4.74 Å². The van der Waals surface area contributed by atoms with Crippen molar-refractivity contribution in [1.82, 2.24) is 15.2 Å². The number of amides is 3. The Morgan fingerprint density at radius 2 is 1.76 bits per heavy atom. The van der Waals surface area contributed by atoms with Crippen LogP contribution in [0.25, 0.3) is 0 Å². The van der Waals surface area contributed by atoms with Crippen LogP contribution in [0.15, 0.2) is 42.6 Å². The predicted octanol–water partition coefficient (Wildman–Crippen LogP) is 4.54. The lowest BCUT2D eigenvalue weighted by molar-refractivity contribution is 0.0184. The lowest BCUT2D eigenvalue weighted by atomic mass is 9.97. The molecule has 4 rings (SSSR count). The van der Waals surface area contributed by atoms with E-state index in [0.29, 0.717) is 44.5 Å². The molecule has 1 aromatic heterocycles. The highest BCUT2D eigenvalue weighted by atomic mass is 19.1. The maximum absolute atomic E-state index is 13.3. The van der Waals surface area contributed by atoms with Crippen molar-refractivity contribution in [2.24, 2.45) is 5.92 Å². The van der Waals surface area contributed by atoms with E-state index in [1.54, 1.807) is 15.9 Å². The number of urea groups is 1. The van der Waals surface area contributed by atoms with Gasteiger partial charge in [0.1, 0.15) is 17.2 Å². The number of nitrogens with one attached hydrogen (secondary N) is 1. The first-order chi connectivity index (χ1) is 16.2. The standard InChI is InChI=1S/C25H32FN5O3/c1-25(2,3)34-24(33)29-12-10-18(11-13-29)16-28-23(32)31-15-14-30(20-6-4-5-7-21(20)31)22-9-8-19(26)17-27-22/h4-9,17-18H,10-16H2,1-3H3,(H,28,32). The van der Waals surface area contributed by atoms with Gasteiger partial charge in [0.05, 0.1) is 17.6 Å². The monoisotopic (exact) mass is 469 g/mol. The molecule has 8 nitrogen and oxygen atoms in total. The molecule has 0 saturated carbocycles. The first-order valence-corrected chi connectivity index (χ1v) is 11.7. The summed E-state index contributed by atoms with van der Waals surface area (Å²) in [6, 6.07) is 10.5. The highest BCUT2D eigenvalue weighted by molar-refractivity contribution is 5.97. The van der Waals surface area contributed by atoms with Gasteiger partial charge in [-0.2, -0.15) is 0 Å². The van der Waals surface area contributed by atoms with Crippen LogP contribution in [0, 0.1) is 11.7 Å². The van der Waals surface area contributed by atoms with Crippen molar-refractivity contribution in [3.8, 4) is 0 Å². The topological polar surface area (TPSA) is 78.0 Å². The largest absolute Gasteiger partial charge is 0.444 e. The number of hydrogen-bond donors (Lipinski definition) is 1. The number of hydrogen-bond acceptors (Lipinski definition) is 5. The fourth-order valence-electron chi connectivity index (χ4n) is 4.31. The Bertz CT molecular complexity index is 1020. The fraction of sp³-hybridized carbons (Fsp3) is 0.480. The zero-order chi connectivity index (χ0) is 24.3. The highest BCUT2D eigenvalue weighted by Crippen LogP contribution is 2.36. The summed E-state index contributed by atoms with van der Waals surface area (Å²) in [4.78, 5) is 35.0. The van der Waals surface area contributed by atoms with Gasteiger partial charge in [-0.15, -0.1) is 0 Å². The summed E-state index contributed by atoms with van der Waals surface area (Å²) in [6.45, 7) is 8.44. The third kappa shape index (κ3) is 5.58. The van der Waals surface area contributed by atoms with Gasteiger partial charge in [-0.05, 0) is 63.8 Å². The molecule has 1 saturated heterocycles. The Balaban J connectivity index is 1.33. The van der Waals surface area contributed by atoms with Crippen molar-refractivity contribution in [1.29, 1.82) is 0 Å². The van der Waals surface area contributed by atoms with Crippen molar-refractivity contribution >= 4 is 29.3 Å². The number of carbonyl (C=O) groups is 2. The Kier molecular flexibility index (Phi) is 6.90. The van der Waals surface area contributed by atoms with E-state index in [4.69, 9.17) is 4.74 Å². The van der Waals surface area contributed by atoms with Gasteiger partial charge in [-0.25, -0.2) is 19.0 Å². The SMILES string of the molecule is CC(C)(C)OC(=O)N1CCC(CNC(=O)N2CCN(c3ccc(F)cn3)c3ccccc32)CC1. The van der Waals surface area contributed by atoms with Crippen molar-refractivity contribution in [2.75, 3.05) is 42.5 Å². The van der Waals surface area contributed by atoms with E-state index < -0.39 is 5.60 Å². The highest BCUT2D eigenvalue weighted by Gasteiger charge is 2.30. The zero-order valence-corrected chi connectivity index (χ0v) is 20.0. The number of para-hydroxylation sites is 2. The molecule has 1 aromatic carbocycles. The molecule has 0 atom stereocenters. The third-order valence-electron chi connectivity index (χ3n) is 6.05. The number of anilines is 3. The van der Waals surface area contributed by atoms with E-state index in [0.717, 1.165) is 24.2 Å². The molecule has 2 aromatic rings. The van der Waals surface area contributed by atoms with Gasteiger partial charge in [-0.3, -0.25) is 4.90 Å². The Hall–Kier alpha value is -3.36. The number of fused-ring (bicyclic) bond motifs is 1. The van der Waals surface area contributed by atoms with Crippen molar-refractivity contribution in [2.45, 2.75) is 39.2 Å². The average molecular weight is 470 g/mol. The number of benzene rings is 1. The molecule has 34 heavy (non-hydrogen) atoms. The van der Waals surface area contributed by atoms with Crippen LogP contribution in [0.4, 0.5) is 31.2 Å². The van der Waals surface area contributed by atoms with E-state index in [2.05, 4.69) is 10.3 Å². The Labute approximate surface area is 199 Å². The van der Waals surface area contributed by atoms with Gasteiger partial charge in [0.25, 0.3) is 0 Å². The quantitative estimate of drug-likeness (QED) is 0.714. The van der Waals surface area contributed by atoms with Gasteiger partial charge in [0.15, 0.2) is 0 Å². The number of piperidine rings is 1. The fourth-order valence-corrected chi connectivity index (χ4v) is 4.31. The van der Waals surface area contributed by atoms with Gasteiger partial charge in [0.2, 0.25) is 0 Å². The van der Waals surface area contributed by atoms with E-state index in [9.17, 15) is 14.0 Å². The molecule has 3 heterocycles. The van der Waals surface area contributed by atoms with Crippen LogP contribution in [0.5, 0.6) is 0 Å². The summed E-state index contributed by atoms with van der Waals surface area (Å²) in [5, 5.41) is 3.08. The second kappa shape index (κ2) is 9.87. The molecule has 2 aliphatic rings. The lowest BCUT2D eigenvalue weighted by Gasteiger charge is -2.37. The zero-order valence-electron chi connectivity index (χ0n) is 20.0. The van der Waals surface area contributed by atoms with Gasteiger partial charge in [-0.1, -0.05) is 12.1 Å². The van der Waals surface area contributed by atoms with E-state index in [1.807, 2.05) is 49.9 Å². The summed E-state index contributed by atoms with van der Waals surface area (Å²) < 4.78 is 18.8. The molecule has 182 valence electrons. The predicted molar refractivity (Wildman–Crippen MR) is 129 cm³/mol. The molecule has 1 fully saturated rings. The van der Waals surface area contributed by atoms with Crippen LogP contribution in [0.3, 0.4) is 0 Å². The summed E-state index contributed by atoms with van der Waals surface area (Å²) in [6.07, 6.45) is 2.56. The molecule has 9 heteroatoms. The van der Waals surface area contributed by atoms with E-state index in [1.165, 1.54) is 12.3 Å². The van der Waals surface area contributed by atoms with Crippen molar-refractivity contribution in [3.63, 3.8) is 0 Å². The smallest absolute Gasteiger partial charge is 0.410 e. The average Bonchev–Trinajstić information content (AvgIpc) is 2.82. The molecule has 0 unspecified atom stereocenters. The van der Waals surface area contributed by atoms with Crippen LogP contribution in [0.1, 0.15) is 33.6 Å². The Morgan fingerprint density at radius 3 is 2.41 bits per heavy atom.